The van der Waals surface area contributed by atoms with Crippen molar-refractivity contribution >= 4 is 48.2 Å². The van der Waals surface area contributed by atoms with Crippen molar-refractivity contribution in [2.24, 2.45) is 0 Å². The molecule has 4 aromatic rings. The van der Waals surface area contributed by atoms with E-state index in [1.165, 1.54) is 37.9 Å². The van der Waals surface area contributed by atoms with E-state index in [4.69, 9.17) is 0 Å². The van der Waals surface area contributed by atoms with Crippen molar-refractivity contribution in [3.05, 3.63) is 72.3 Å². The number of rotatable bonds is 2. The lowest BCUT2D eigenvalue weighted by atomic mass is 9.98. The molecule has 1 heteroatoms. The number of halogens is 1. The van der Waals surface area contributed by atoms with E-state index in [2.05, 4.69) is 82.7 Å². The molecular formula is C20H15Br. The first-order valence-electron chi connectivity index (χ1n) is 7.25. The number of hydrogen-bond donors (Lipinski definition) is 0. The molecule has 0 atom stereocenters. The zero-order valence-electron chi connectivity index (χ0n) is 11.6. The molecule has 0 saturated carbocycles. The largest absolute Gasteiger partial charge is 0.0924 e. The van der Waals surface area contributed by atoms with Gasteiger partial charge in [0.2, 0.25) is 0 Å². The Morgan fingerprint density at radius 1 is 0.571 bits per heavy atom. The number of hydrogen-bond acceptors (Lipinski definition) is 0. The van der Waals surface area contributed by atoms with Crippen LogP contribution in [0.1, 0.15) is 5.56 Å². The van der Waals surface area contributed by atoms with Gasteiger partial charge in [-0.1, -0.05) is 58.4 Å². The Morgan fingerprint density at radius 3 is 1.71 bits per heavy atom. The predicted octanol–water partition coefficient (Wildman–Crippen LogP) is 6.08. The summed E-state index contributed by atoms with van der Waals surface area (Å²) < 4.78 is 0. The second-order valence-corrected chi connectivity index (χ2v) is 6.31. The summed E-state index contributed by atoms with van der Waals surface area (Å²) in [6, 6.07) is 24.5. The highest BCUT2D eigenvalue weighted by molar-refractivity contribution is 9.09. The number of benzene rings is 4. The van der Waals surface area contributed by atoms with Crippen LogP contribution < -0.4 is 0 Å². The Morgan fingerprint density at radius 2 is 1.10 bits per heavy atom. The average Bonchev–Trinajstić information content (AvgIpc) is 2.51. The van der Waals surface area contributed by atoms with Crippen LogP contribution in [0.25, 0.3) is 32.3 Å². The van der Waals surface area contributed by atoms with Crippen molar-refractivity contribution in [3.63, 3.8) is 0 Å². The van der Waals surface area contributed by atoms with Crippen molar-refractivity contribution in [1.82, 2.24) is 0 Å². The smallest absolute Gasteiger partial charge is 0.00718 e. The van der Waals surface area contributed by atoms with Crippen LogP contribution >= 0.6 is 15.9 Å². The van der Waals surface area contributed by atoms with Gasteiger partial charge in [-0.15, -0.1) is 0 Å². The fourth-order valence-electron chi connectivity index (χ4n) is 3.01. The molecule has 0 aliphatic rings. The maximum atomic E-state index is 3.52. The number of alkyl halides is 1. The zero-order chi connectivity index (χ0) is 14.2. The summed E-state index contributed by atoms with van der Waals surface area (Å²) in [6.07, 6.45) is 1.08. The van der Waals surface area contributed by atoms with Crippen LogP contribution in [0.15, 0.2) is 66.7 Å². The summed E-state index contributed by atoms with van der Waals surface area (Å²) >= 11 is 3.52. The van der Waals surface area contributed by atoms with E-state index < -0.39 is 0 Å². The lowest BCUT2D eigenvalue weighted by molar-refractivity contribution is 1.18. The Balaban J connectivity index is 2.01. The molecule has 0 radical (unpaired) electrons. The third-order valence-corrected chi connectivity index (χ3v) is 4.50. The topological polar surface area (TPSA) is 0 Å². The van der Waals surface area contributed by atoms with Gasteiger partial charge in [-0.05, 0) is 68.6 Å². The van der Waals surface area contributed by atoms with Gasteiger partial charge in [-0.3, -0.25) is 0 Å². The molecule has 21 heavy (non-hydrogen) atoms. The molecule has 0 unspecified atom stereocenters. The third-order valence-electron chi connectivity index (χ3n) is 4.11. The Bertz CT molecular complexity index is 954. The van der Waals surface area contributed by atoms with E-state index in [1.54, 1.807) is 0 Å². The van der Waals surface area contributed by atoms with Crippen LogP contribution in [-0.2, 0) is 6.42 Å². The first-order valence-corrected chi connectivity index (χ1v) is 8.37. The van der Waals surface area contributed by atoms with Crippen LogP contribution in [0, 0.1) is 0 Å². The number of aryl methyl sites for hydroxylation is 1. The van der Waals surface area contributed by atoms with Crippen LogP contribution in [0.2, 0.25) is 0 Å². The normalized spacial score (nSPS) is 11.5. The molecule has 0 amide bonds. The SMILES string of the molecule is BrCCc1ccc2cc3cc4ccccc4cc3cc2c1. The minimum absolute atomic E-state index is 1.01. The first kappa shape index (κ1) is 12.8. The third kappa shape index (κ3) is 2.32. The zero-order valence-corrected chi connectivity index (χ0v) is 13.2. The van der Waals surface area contributed by atoms with Gasteiger partial charge in [0, 0.05) is 5.33 Å². The van der Waals surface area contributed by atoms with Crippen LogP contribution in [0.4, 0.5) is 0 Å². The highest BCUT2D eigenvalue weighted by atomic mass is 79.9. The van der Waals surface area contributed by atoms with Gasteiger partial charge >= 0.3 is 0 Å². The molecule has 102 valence electrons. The summed E-state index contributed by atoms with van der Waals surface area (Å²) in [5, 5.41) is 8.90. The number of fused-ring (bicyclic) bond motifs is 3. The van der Waals surface area contributed by atoms with E-state index in [9.17, 15) is 0 Å². The highest BCUT2D eigenvalue weighted by Crippen LogP contribution is 2.28. The molecule has 0 spiro atoms. The maximum Gasteiger partial charge on any atom is 0.00718 e. The molecule has 4 aromatic carbocycles. The summed E-state index contributed by atoms with van der Waals surface area (Å²) in [4.78, 5) is 0. The van der Waals surface area contributed by atoms with Crippen LogP contribution in [-0.4, -0.2) is 5.33 Å². The fraction of sp³-hybridized carbons (Fsp3) is 0.100. The van der Waals surface area contributed by atoms with Gasteiger partial charge in [-0.2, -0.15) is 0 Å². The minimum Gasteiger partial charge on any atom is -0.0924 e. The van der Waals surface area contributed by atoms with E-state index in [1.807, 2.05) is 0 Å². The van der Waals surface area contributed by atoms with Crippen molar-refractivity contribution in [2.75, 3.05) is 5.33 Å². The Hall–Kier alpha value is -1.86. The Labute approximate surface area is 132 Å². The molecule has 0 nitrogen and oxygen atoms in total. The monoisotopic (exact) mass is 334 g/mol. The predicted molar refractivity (Wildman–Crippen MR) is 96.5 cm³/mol. The molecule has 0 aliphatic carbocycles. The maximum absolute atomic E-state index is 3.52. The first-order chi connectivity index (χ1) is 10.3. The molecule has 0 N–H and O–H groups in total. The van der Waals surface area contributed by atoms with Gasteiger partial charge in [0.05, 0.1) is 0 Å². The average molecular weight is 335 g/mol. The van der Waals surface area contributed by atoms with Crippen molar-refractivity contribution < 1.29 is 0 Å². The minimum atomic E-state index is 1.01. The van der Waals surface area contributed by atoms with E-state index >= 15 is 0 Å². The van der Waals surface area contributed by atoms with Gasteiger partial charge < -0.3 is 0 Å². The molecular weight excluding hydrogens is 320 g/mol. The molecule has 4 rings (SSSR count). The quantitative estimate of drug-likeness (QED) is 0.307. The fourth-order valence-corrected chi connectivity index (χ4v) is 3.46. The summed E-state index contributed by atoms with van der Waals surface area (Å²) in [7, 11) is 0. The summed E-state index contributed by atoms with van der Waals surface area (Å²) in [5.41, 5.74) is 1.39. The Kier molecular flexibility index (Phi) is 3.16. The molecule has 0 saturated heterocycles. The van der Waals surface area contributed by atoms with Crippen molar-refractivity contribution in [1.29, 1.82) is 0 Å². The van der Waals surface area contributed by atoms with Crippen LogP contribution in [0.3, 0.4) is 0 Å². The summed E-state index contributed by atoms with van der Waals surface area (Å²) in [6.45, 7) is 0. The second-order valence-electron chi connectivity index (χ2n) is 5.52. The molecule has 0 heterocycles. The van der Waals surface area contributed by atoms with Crippen molar-refractivity contribution in [3.8, 4) is 0 Å². The standard InChI is InChI=1S/C20H15Br/c21-8-7-14-5-6-17-12-19-10-15-3-1-2-4-16(15)11-20(19)13-18(17)9-14/h1-6,9-13H,7-8H2. The lowest BCUT2D eigenvalue weighted by Crippen LogP contribution is -1.86. The van der Waals surface area contributed by atoms with Gasteiger partial charge in [0.25, 0.3) is 0 Å². The molecule has 0 fully saturated rings. The van der Waals surface area contributed by atoms with E-state index in [0.717, 1.165) is 11.8 Å². The molecule has 0 aliphatic heterocycles. The van der Waals surface area contributed by atoms with Gasteiger partial charge in [-0.25, -0.2) is 0 Å². The van der Waals surface area contributed by atoms with E-state index in [0.29, 0.717) is 0 Å². The highest BCUT2D eigenvalue weighted by Gasteiger charge is 2.02. The molecule has 0 aromatic heterocycles. The van der Waals surface area contributed by atoms with Crippen molar-refractivity contribution in [2.45, 2.75) is 6.42 Å². The van der Waals surface area contributed by atoms with Gasteiger partial charge in [0.1, 0.15) is 0 Å². The lowest BCUT2D eigenvalue weighted by Gasteiger charge is -2.07. The summed E-state index contributed by atoms with van der Waals surface area (Å²) in [5.74, 6) is 0. The molecule has 0 bridgehead atoms. The van der Waals surface area contributed by atoms with Crippen LogP contribution in [0.5, 0.6) is 0 Å². The van der Waals surface area contributed by atoms with Gasteiger partial charge in [0.15, 0.2) is 0 Å². The van der Waals surface area contributed by atoms with E-state index in [-0.39, 0.29) is 0 Å². The second kappa shape index (κ2) is 5.16.